The van der Waals surface area contributed by atoms with Crippen molar-refractivity contribution in [3.63, 3.8) is 0 Å². The molecule has 1 atom stereocenters. The molecule has 1 amide bonds. The third kappa shape index (κ3) is 5.81. The Morgan fingerprint density at radius 3 is 2.81 bits per heavy atom. The second kappa shape index (κ2) is 10.5. The lowest BCUT2D eigenvalue weighted by Gasteiger charge is -2.34. The number of amides is 1. The summed E-state index contributed by atoms with van der Waals surface area (Å²) in [6, 6.07) is 12.0. The molecule has 1 aromatic heterocycles. The summed E-state index contributed by atoms with van der Waals surface area (Å²) in [5.74, 6) is 0.733. The number of carbonyl (C=O) groups is 1. The molecule has 1 saturated heterocycles. The van der Waals surface area contributed by atoms with Gasteiger partial charge in [0.15, 0.2) is 0 Å². The molecule has 0 unspecified atom stereocenters. The van der Waals surface area contributed by atoms with Gasteiger partial charge in [0, 0.05) is 17.0 Å². The largest absolute Gasteiger partial charge is 0.494 e. The predicted molar refractivity (Wildman–Crippen MR) is 112 cm³/mol. The zero-order valence-corrected chi connectivity index (χ0v) is 17.0. The number of ether oxygens (including phenoxy) is 1. The van der Waals surface area contributed by atoms with Crippen LogP contribution in [0, 0.1) is 0 Å². The Morgan fingerprint density at radius 2 is 2.07 bits per heavy atom. The first-order valence-corrected chi connectivity index (χ1v) is 10.9. The van der Waals surface area contributed by atoms with Crippen molar-refractivity contribution < 1.29 is 9.53 Å². The van der Waals surface area contributed by atoms with Crippen LogP contribution in [0.5, 0.6) is 5.75 Å². The van der Waals surface area contributed by atoms with Gasteiger partial charge >= 0.3 is 0 Å². The molecule has 1 fully saturated rings. The average Bonchev–Trinajstić information content (AvgIpc) is 3.24. The number of unbranched alkanes of at least 4 members (excludes halogenated alkanes) is 1. The van der Waals surface area contributed by atoms with Crippen LogP contribution >= 0.6 is 11.3 Å². The van der Waals surface area contributed by atoms with E-state index in [4.69, 9.17) is 4.74 Å². The van der Waals surface area contributed by atoms with Crippen LogP contribution in [0.2, 0.25) is 0 Å². The van der Waals surface area contributed by atoms with Gasteiger partial charge in [-0.3, -0.25) is 9.69 Å². The third-order valence-electron chi connectivity index (χ3n) is 5.02. The second-order valence-corrected chi connectivity index (χ2v) is 8.05. The monoisotopic (exact) mass is 386 g/mol. The minimum absolute atomic E-state index is 0.0329. The summed E-state index contributed by atoms with van der Waals surface area (Å²) in [5.41, 5.74) is 0.660. The highest BCUT2D eigenvalue weighted by Gasteiger charge is 2.23. The molecule has 2 aromatic rings. The van der Waals surface area contributed by atoms with Gasteiger partial charge in [0.1, 0.15) is 5.75 Å². The lowest BCUT2D eigenvalue weighted by Crippen LogP contribution is -2.40. The maximum Gasteiger partial charge on any atom is 0.251 e. The highest BCUT2D eigenvalue weighted by atomic mass is 32.1. The van der Waals surface area contributed by atoms with Crippen LogP contribution in [0.15, 0.2) is 41.8 Å². The minimum atomic E-state index is -0.0329. The standard InChI is InChI=1S/C22H30N2O2S/c1-2-3-14-26-19-10-7-9-18(16-19)22(25)23-17-20(21-11-8-15-27-21)24-12-5-4-6-13-24/h7-11,15-16,20H,2-6,12-14,17H2,1H3,(H,23,25)/t20-/m1/s1. The summed E-state index contributed by atoms with van der Waals surface area (Å²) in [6.07, 6.45) is 5.92. The van der Waals surface area contributed by atoms with E-state index >= 15 is 0 Å². The Balaban J connectivity index is 1.61. The first-order valence-electron chi connectivity index (χ1n) is 10.1. The normalized spacial score (nSPS) is 16.0. The number of carbonyl (C=O) groups excluding carboxylic acids is 1. The van der Waals surface area contributed by atoms with E-state index in [1.54, 1.807) is 11.3 Å². The van der Waals surface area contributed by atoms with Gasteiger partial charge in [0.05, 0.1) is 12.6 Å². The molecule has 146 valence electrons. The molecule has 3 rings (SSSR count). The molecule has 0 saturated carbocycles. The van der Waals surface area contributed by atoms with Gasteiger partial charge in [-0.25, -0.2) is 0 Å². The van der Waals surface area contributed by atoms with Crippen LogP contribution in [-0.2, 0) is 0 Å². The van der Waals surface area contributed by atoms with Crippen molar-refractivity contribution in [3.8, 4) is 5.75 Å². The Kier molecular flexibility index (Phi) is 7.72. The zero-order chi connectivity index (χ0) is 18.9. The number of hydrogen-bond acceptors (Lipinski definition) is 4. The molecule has 1 aliphatic rings. The van der Waals surface area contributed by atoms with Gasteiger partial charge < -0.3 is 10.1 Å². The molecule has 0 bridgehead atoms. The maximum absolute atomic E-state index is 12.7. The van der Waals surface area contributed by atoms with Crippen LogP contribution in [0.25, 0.3) is 0 Å². The molecule has 27 heavy (non-hydrogen) atoms. The van der Waals surface area contributed by atoms with Crippen LogP contribution < -0.4 is 10.1 Å². The number of hydrogen-bond donors (Lipinski definition) is 1. The molecule has 4 nitrogen and oxygen atoms in total. The molecule has 0 aliphatic carbocycles. The molecule has 0 spiro atoms. The van der Waals surface area contributed by atoms with Crippen molar-refractivity contribution in [2.45, 2.75) is 45.1 Å². The number of piperidine rings is 1. The third-order valence-corrected chi connectivity index (χ3v) is 6.00. The van der Waals surface area contributed by atoms with Crippen molar-refractivity contribution >= 4 is 17.2 Å². The lowest BCUT2D eigenvalue weighted by atomic mass is 10.1. The summed E-state index contributed by atoms with van der Waals surface area (Å²) >= 11 is 1.77. The van der Waals surface area contributed by atoms with Crippen molar-refractivity contribution in [1.29, 1.82) is 0 Å². The Bertz CT molecular complexity index is 696. The predicted octanol–water partition coefficient (Wildman–Crippen LogP) is 4.88. The number of likely N-dealkylation sites (tertiary alicyclic amines) is 1. The number of nitrogens with one attached hydrogen (secondary N) is 1. The van der Waals surface area contributed by atoms with Crippen LogP contribution in [0.3, 0.4) is 0 Å². The van der Waals surface area contributed by atoms with Crippen LogP contribution in [0.1, 0.15) is 60.3 Å². The van der Waals surface area contributed by atoms with Crippen molar-refractivity contribution in [2.75, 3.05) is 26.2 Å². The first-order chi connectivity index (χ1) is 13.3. The highest BCUT2D eigenvalue weighted by molar-refractivity contribution is 7.10. The maximum atomic E-state index is 12.7. The number of rotatable bonds is 9. The molecule has 2 heterocycles. The van der Waals surface area contributed by atoms with Crippen molar-refractivity contribution in [1.82, 2.24) is 10.2 Å². The van der Waals surface area contributed by atoms with Crippen molar-refractivity contribution in [2.24, 2.45) is 0 Å². The van der Waals surface area contributed by atoms with Gasteiger partial charge in [0.25, 0.3) is 5.91 Å². The number of thiophene rings is 1. The van der Waals surface area contributed by atoms with E-state index in [0.717, 1.165) is 31.7 Å². The molecular weight excluding hydrogens is 356 g/mol. The van der Waals surface area contributed by atoms with Gasteiger partial charge in [-0.15, -0.1) is 11.3 Å². The first kappa shape index (κ1) is 19.9. The van der Waals surface area contributed by atoms with Gasteiger partial charge in [-0.1, -0.05) is 31.9 Å². The summed E-state index contributed by atoms with van der Waals surface area (Å²) < 4.78 is 5.73. The molecule has 1 N–H and O–H groups in total. The summed E-state index contributed by atoms with van der Waals surface area (Å²) in [5, 5.41) is 5.27. The summed E-state index contributed by atoms with van der Waals surface area (Å²) in [6.45, 7) is 5.69. The van der Waals surface area contributed by atoms with E-state index in [2.05, 4.69) is 34.7 Å². The van der Waals surface area contributed by atoms with Gasteiger partial charge in [0.2, 0.25) is 0 Å². The van der Waals surface area contributed by atoms with E-state index in [-0.39, 0.29) is 11.9 Å². The Hall–Kier alpha value is -1.85. The Labute approximate surface area is 166 Å². The topological polar surface area (TPSA) is 41.6 Å². The fourth-order valence-electron chi connectivity index (χ4n) is 3.47. The van der Waals surface area contributed by atoms with Crippen LogP contribution in [0.4, 0.5) is 0 Å². The van der Waals surface area contributed by atoms with E-state index in [9.17, 15) is 4.79 Å². The zero-order valence-electron chi connectivity index (χ0n) is 16.2. The molecule has 5 heteroatoms. The van der Waals surface area contributed by atoms with E-state index < -0.39 is 0 Å². The Morgan fingerprint density at radius 1 is 1.22 bits per heavy atom. The van der Waals surface area contributed by atoms with E-state index in [1.165, 1.54) is 24.1 Å². The highest BCUT2D eigenvalue weighted by Crippen LogP contribution is 2.27. The van der Waals surface area contributed by atoms with E-state index in [1.807, 2.05) is 24.3 Å². The minimum Gasteiger partial charge on any atom is -0.494 e. The fourth-order valence-corrected chi connectivity index (χ4v) is 4.33. The van der Waals surface area contributed by atoms with Gasteiger partial charge in [-0.2, -0.15) is 0 Å². The quantitative estimate of drug-likeness (QED) is 0.624. The van der Waals surface area contributed by atoms with Crippen LogP contribution in [-0.4, -0.2) is 37.0 Å². The van der Waals surface area contributed by atoms with Gasteiger partial charge in [-0.05, 0) is 62.0 Å². The smallest absolute Gasteiger partial charge is 0.251 e. The molecule has 0 radical (unpaired) electrons. The summed E-state index contributed by atoms with van der Waals surface area (Å²) in [7, 11) is 0. The number of nitrogens with zero attached hydrogens (tertiary/aromatic N) is 1. The second-order valence-electron chi connectivity index (χ2n) is 7.07. The average molecular weight is 387 g/mol. The summed E-state index contributed by atoms with van der Waals surface area (Å²) in [4.78, 5) is 16.5. The fraction of sp³-hybridized carbons (Fsp3) is 0.500. The molecule has 1 aliphatic heterocycles. The lowest BCUT2D eigenvalue weighted by molar-refractivity contribution is 0.0925. The number of benzene rings is 1. The SMILES string of the molecule is CCCCOc1cccc(C(=O)NC[C@H](c2cccs2)N2CCCCC2)c1. The molecular formula is C22H30N2O2S. The van der Waals surface area contributed by atoms with E-state index in [0.29, 0.717) is 18.7 Å². The van der Waals surface area contributed by atoms with Crippen molar-refractivity contribution in [3.05, 3.63) is 52.2 Å². The molecule has 1 aromatic carbocycles.